The predicted molar refractivity (Wildman–Crippen MR) is 70.7 cm³/mol. The van der Waals surface area contributed by atoms with Crippen molar-refractivity contribution >= 4 is 34.2 Å². The van der Waals surface area contributed by atoms with Gasteiger partial charge in [-0.25, -0.2) is 9.37 Å². The summed E-state index contributed by atoms with van der Waals surface area (Å²) >= 11 is 11.6. The Morgan fingerprint density at radius 3 is 2.83 bits per heavy atom. The van der Waals surface area contributed by atoms with Crippen molar-refractivity contribution in [3.63, 3.8) is 0 Å². The van der Waals surface area contributed by atoms with Crippen LogP contribution in [0.15, 0.2) is 12.1 Å². The highest BCUT2D eigenvalue weighted by Crippen LogP contribution is 2.24. The first-order valence-electron chi connectivity index (χ1n) is 5.49. The summed E-state index contributed by atoms with van der Waals surface area (Å²) in [5.41, 5.74) is 1.32. The van der Waals surface area contributed by atoms with E-state index in [2.05, 4.69) is 4.98 Å². The minimum Gasteiger partial charge on any atom is -0.380 e. The molecule has 1 aromatic heterocycles. The maximum absolute atomic E-state index is 13.5. The molecule has 18 heavy (non-hydrogen) atoms. The van der Waals surface area contributed by atoms with Gasteiger partial charge < -0.3 is 9.30 Å². The van der Waals surface area contributed by atoms with Crippen LogP contribution in [0.1, 0.15) is 12.7 Å². The fraction of sp³-hybridized carbons (Fsp3) is 0.417. The van der Waals surface area contributed by atoms with Gasteiger partial charge in [0.15, 0.2) is 0 Å². The second-order valence-electron chi connectivity index (χ2n) is 4.07. The van der Waals surface area contributed by atoms with Crippen LogP contribution in [0.5, 0.6) is 0 Å². The van der Waals surface area contributed by atoms with Crippen LogP contribution < -0.4 is 0 Å². The Morgan fingerprint density at radius 1 is 1.50 bits per heavy atom. The number of benzene rings is 1. The molecule has 98 valence electrons. The third kappa shape index (κ3) is 2.46. The summed E-state index contributed by atoms with van der Waals surface area (Å²) in [6, 6.07) is 2.89. The Morgan fingerprint density at radius 2 is 2.22 bits per heavy atom. The van der Waals surface area contributed by atoms with Gasteiger partial charge in [0, 0.05) is 13.2 Å². The molecule has 0 aliphatic heterocycles. The largest absolute Gasteiger partial charge is 0.380 e. The van der Waals surface area contributed by atoms with Gasteiger partial charge in [0.05, 0.1) is 34.6 Å². The van der Waals surface area contributed by atoms with E-state index in [-0.39, 0.29) is 17.0 Å². The minimum atomic E-state index is -0.462. The Hall–Kier alpha value is -0.840. The third-order valence-corrected chi connectivity index (χ3v) is 3.36. The van der Waals surface area contributed by atoms with Crippen molar-refractivity contribution in [1.82, 2.24) is 9.55 Å². The number of hydrogen-bond acceptors (Lipinski definition) is 2. The number of nitrogens with zero attached hydrogens (tertiary/aromatic N) is 2. The maximum atomic E-state index is 13.5. The average Bonchev–Trinajstić information content (AvgIpc) is 2.67. The predicted octanol–water partition coefficient (Wildman–Crippen LogP) is 3.60. The molecular weight excluding hydrogens is 278 g/mol. The first-order valence-corrected chi connectivity index (χ1v) is 6.41. The molecule has 0 aliphatic carbocycles. The molecule has 0 spiro atoms. The fourth-order valence-corrected chi connectivity index (χ4v) is 2.17. The standard InChI is InChI=1S/C12H13Cl2FN2O/c1-7(18-2)6-17-11-4-9(15)8(14)3-10(11)16-12(17)5-13/h3-4,7H,5-6H2,1-2H3. The van der Waals surface area contributed by atoms with Gasteiger partial charge in [-0.1, -0.05) is 11.6 Å². The van der Waals surface area contributed by atoms with E-state index >= 15 is 0 Å². The lowest BCUT2D eigenvalue weighted by molar-refractivity contribution is 0.103. The number of imidazole rings is 1. The normalized spacial score (nSPS) is 13.2. The molecule has 2 rings (SSSR count). The highest BCUT2D eigenvalue weighted by Gasteiger charge is 2.14. The van der Waals surface area contributed by atoms with Crippen LogP contribution in [0.3, 0.4) is 0 Å². The summed E-state index contributed by atoms with van der Waals surface area (Å²) in [5, 5.41) is 0.0630. The van der Waals surface area contributed by atoms with Gasteiger partial charge in [-0.3, -0.25) is 0 Å². The lowest BCUT2D eigenvalue weighted by Crippen LogP contribution is -2.16. The van der Waals surface area contributed by atoms with E-state index in [1.165, 1.54) is 12.1 Å². The number of halogens is 3. The summed E-state index contributed by atoms with van der Waals surface area (Å²) in [6.45, 7) is 2.49. The molecule has 0 saturated carbocycles. The second kappa shape index (κ2) is 5.43. The second-order valence-corrected chi connectivity index (χ2v) is 4.75. The van der Waals surface area contributed by atoms with E-state index in [9.17, 15) is 4.39 Å². The number of aromatic nitrogens is 2. The van der Waals surface area contributed by atoms with Crippen LogP contribution in [-0.2, 0) is 17.2 Å². The van der Waals surface area contributed by atoms with Gasteiger partial charge in [0.1, 0.15) is 11.6 Å². The lowest BCUT2D eigenvalue weighted by Gasteiger charge is -2.13. The molecule has 0 aliphatic rings. The molecule has 6 heteroatoms. The van der Waals surface area contributed by atoms with Gasteiger partial charge in [-0.15, -0.1) is 11.6 Å². The first-order chi connectivity index (χ1) is 8.56. The first kappa shape index (κ1) is 13.6. The minimum absolute atomic E-state index is 0.0110. The highest BCUT2D eigenvalue weighted by molar-refractivity contribution is 6.31. The van der Waals surface area contributed by atoms with Crippen molar-refractivity contribution in [2.75, 3.05) is 7.11 Å². The van der Waals surface area contributed by atoms with Crippen LogP contribution in [-0.4, -0.2) is 22.8 Å². The molecule has 0 amide bonds. The van der Waals surface area contributed by atoms with Crippen molar-refractivity contribution < 1.29 is 9.13 Å². The molecule has 0 fully saturated rings. The Bertz CT molecular complexity index is 571. The van der Waals surface area contributed by atoms with Gasteiger partial charge in [0.25, 0.3) is 0 Å². The molecule has 0 saturated heterocycles. The smallest absolute Gasteiger partial charge is 0.144 e. The van der Waals surface area contributed by atoms with Crippen molar-refractivity contribution in [3.8, 4) is 0 Å². The van der Waals surface area contributed by atoms with Crippen molar-refractivity contribution in [1.29, 1.82) is 0 Å². The SMILES string of the molecule is COC(C)Cn1c(CCl)nc2cc(Cl)c(F)cc21. The zero-order valence-electron chi connectivity index (χ0n) is 10.1. The molecule has 0 N–H and O–H groups in total. The molecule has 1 aromatic carbocycles. The molecular formula is C12H13Cl2FN2O. The van der Waals surface area contributed by atoms with Crippen molar-refractivity contribution in [2.45, 2.75) is 25.5 Å². The maximum Gasteiger partial charge on any atom is 0.144 e. The van der Waals surface area contributed by atoms with Crippen LogP contribution in [0, 0.1) is 5.82 Å². The van der Waals surface area contributed by atoms with E-state index in [0.717, 1.165) is 0 Å². The number of hydrogen-bond donors (Lipinski definition) is 0. The van der Waals surface area contributed by atoms with E-state index in [1.807, 2.05) is 11.5 Å². The Labute approximate surface area is 114 Å². The zero-order chi connectivity index (χ0) is 13.3. The number of methoxy groups -OCH3 is 1. The van der Waals surface area contributed by atoms with Gasteiger partial charge in [-0.05, 0) is 13.0 Å². The van der Waals surface area contributed by atoms with Crippen LogP contribution >= 0.6 is 23.2 Å². The summed E-state index contributed by atoms with van der Waals surface area (Å²) < 4.78 is 20.6. The van der Waals surface area contributed by atoms with Crippen molar-refractivity contribution in [3.05, 3.63) is 28.8 Å². The average molecular weight is 291 g/mol. The Kier molecular flexibility index (Phi) is 4.10. The van der Waals surface area contributed by atoms with Crippen LogP contribution in [0.4, 0.5) is 4.39 Å². The molecule has 0 radical (unpaired) electrons. The monoisotopic (exact) mass is 290 g/mol. The quantitative estimate of drug-likeness (QED) is 0.805. The molecule has 1 heterocycles. The molecule has 0 bridgehead atoms. The highest BCUT2D eigenvalue weighted by atomic mass is 35.5. The summed E-state index contributed by atoms with van der Waals surface area (Å²) in [5.74, 6) is 0.471. The number of ether oxygens (including phenoxy) is 1. The van der Waals surface area contributed by atoms with E-state index in [1.54, 1.807) is 7.11 Å². The van der Waals surface area contributed by atoms with Crippen molar-refractivity contribution in [2.24, 2.45) is 0 Å². The molecule has 1 unspecified atom stereocenters. The van der Waals surface area contributed by atoms with E-state index in [0.29, 0.717) is 23.4 Å². The molecule has 1 atom stereocenters. The van der Waals surface area contributed by atoms with Crippen LogP contribution in [0.25, 0.3) is 11.0 Å². The van der Waals surface area contributed by atoms with Gasteiger partial charge >= 0.3 is 0 Å². The summed E-state index contributed by atoms with van der Waals surface area (Å²) in [4.78, 5) is 4.34. The van der Waals surface area contributed by atoms with E-state index < -0.39 is 5.82 Å². The third-order valence-electron chi connectivity index (χ3n) is 2.83. The molecule has 2 aromatic rings. The number of rotatable bonds is 4. The molecule has 3 nitrogen and oxygen atoms in total. The van der Waals surface area contributed by atoms with Gasteiger partial charge in [-0.2, -0.15) is 0 Å². The topological polar surface area (TPSA) is 27.1 Å². The number of fused-ring (bicyclic) bond motifs is 1. The Balaban J connectivity index is 2.57. The van der Waals surface area contributed by atoms with E-state index in [4.69, 9.17) is 27.9 Å². The zero-order valence-corrected chi connectivity index (χ0v) is 11.6. The van der Waals surface area contributed by atoms with Crippen LogP contribution in [0.2, 0.25) is 5.02 Å². The fourth-order valence-electron chi connectivity index (χ4n) is 1.81. The lowest BCUT2D eigenvalue weighted by atomic mass is 10.3. The summed E-state index contributed by atoms with van der Waals surface area (Å²) in [7, 11) is 1.63. The summed E-state index contributed by atoms with van der Waals surface area (Å²) in [6.07, 6.45) is -0.0110. The number of alkyl halides is 1. The van der Waals surface area contributed by atoms with Gasteiger partial charge in [0.2, 0.25) is 0 Å².